The number of ether oxygens (including phenoxy) is 1. The summed E-state index contributed by atoms with van der Waals surface area (Å²) in [5.41, 5.74) is 9.47. The molecule has 2 aromatic heterocycles. The van der Waals surface area contributed by atoms with E-state index in [1.54, 1.807) is 11.8 Å². The molecule has 0 amide bonds. The van der Waals surface area contributed by atoms with Gasteiger partial charge < -0.3 is 15.5 Å². The third kappa shape index (κ3) is 2.81. The number of nitrogens with two attached hydrogens (primary N) is 1. The number of nitrogens with zero attached hydrogens (tertiary/aromatic N) is 3. The molecule has 0 aliphatic carbocycles. The van der Waals surface area contributed by atoms with Crippen LogP contribution < -0.4 is 10.5 Å². The highest BCUT2D eigenvalue weighted by molar-refractivity contribution is 6.35. The molecule has 126 valence electrons. The predicted octanol–water partition coefficient (Wildman–Crippen LogP) is 3.72. The fourth-order valence-corrected chi connectivity index (χ4v) is 2.99. The van der Waals surface area contributed by atoms with E-state index in [1.165, 1.54) is 0 Å². The molecule has 0 aliphatic rings. The lowest BCUT2D eigenvalue weighted by Crippen LogP contribution is -2.05. The number of hydrogen-bond acceptors (Lipinski definition) is 4. The number of nitrogen functional groups attached to an aromatic ring is 1. The Labute approximate surface area is 149 Å². The van der Waals surface area contributed by atoms with Crippen LogP contribution in [0.5, 0.6) is 5.75 Å². The molecule has 0 aliphatic heterocycles. The molecule has 0 radical (unpaired) electrons. The van der Waals surface area contributed by atoms with Crippen molar-refractivity contribution in [2.75, 3.05) is 12.8 Å². The number of fused-ring (bicyclic) bond motifs is 1. The van der Waals surface area contributed by atoms with Crippen molar-refractivity contribution < 1.29 is 4.74 Å². The van der Waals surface area contributed by atoms with E-state index in [0.717, 1.165) is 22.3 Å². The smallest absolute Gasteiger partial charge is 0.165 e. The number of methoxy groups -OCH3 is 1. The summed E-state index contributed by atoms with van der Waals surface area (Å²) in [6.07, 6.45) is 0. The van der Waals surface area contributed by atoms with Crippen LogP contribution in [-0.4, -0.2) is 26.9 Å². The molecule has 0 bridgehead atoms. The summed E-state index contributed by atoms with van der Waals surface area (Å²) in [5, 5.41) is 4.76. The van der Waals surface area contributed by atoms with Crippen LogP contribution in [0.3, 0.4) is 0 Å². The molecule has 0 unspecified atom stereocenters. The van der Waals surface area contributed by atoms with Gasteiger partial charge in [-0.1, -0.05) is 35.9 Å². The molecule has 25 heavy (non-hydrogen) atoms. The van der Waals surface area contributed by atoms with Gasteiger partial charge in [0.1, 0.15) is 16.5 Å². The van der Waals surface area contributed by atoms with E-state index >= 15 is 0 Å². The van der Waals surface area contributed by atoms with Crippen LogP contribution in [0.4, 0.5) is 5.82 Å². The Kier molecular flexibility index (Phi) is 3.82. The fourth-order valence-electron chi connectivity index (χ4n) is 2.77. The van der Waals surface area contributed by atoms with E-state index < -0.39 is 0 Å². The lowest BCUT2D eigenvalue weighted by Gasteiger charge is -2.07. The minimum Gasteiger partial charge on any atom is -0.497 e. The van der Waals surface area contributed by atoms with Crippen LogP contribution in [-0.2, 0) is 6.54 Å². The van der Waals surface area contributed by atoms with Crippen molar-refractivity contribution in [1.29, 1.82) is 0 Å². The van der Waals surface area contributed by atoms with Crippen LogP contribution >= 0.6 is 11.6 Å². The maximum absolute atomic E-state index is 6.40. The zero-order valence-corrected chi connectivity index (χ0v) is 14.3. The Morgan fingerprint density at radius 1 is 1.16 bits per heavy atom. The average Bonchev–Trinajstić information content (AvgIpc) is 3.16. The monoisotopic (exact) mass is 353 g/mol. The number of rotatable bonds is 4. The standard InChI is InChI=1S/C18H16ClN5O/c1-25-12-8-6-11(7-9-12)10-24-16(15(19)17(20)23-24)18-21-13-4-2-3-5-14(13)22-18/h2-9H,10H2,1H3,(H2,20,23)(H,21,22). The highest BCUT2D eigenvalue weighted by Crippen LogP contribution is 2.32. The maximum atomic E-state index is 6.40. The summed E-state index contributed by atoms with van der Waals surface area (Å²) < 4.78 is 6.95. The molecular weight excluding hydrogens is 338 g/mol. The molecule has 4 rings (SSSR count). The zero-order chi connectivity index (χ0) is 17.4. The Morgan fingerprint density at radius 3 is 2.64 bits per heavy atom. The Hall–Kier alpha value is -2.99. The molecule has 0 saturated carbocycles. The van der Waals surface area contributed by atoms with Crippen molar-refractivity contribution >= 4 is 28.5 Å². The molecule has 7 heteroatoms. The van der Waals surface area contributed by atoms with Gasteiger partial charge in [0.05, 0.1) is 24.7 Å². The Bertz CT molecular complexity index is 1000. The van der Waals surface area contributed by atoms with Gasteiger partial charge in [-0.3, -0.25) is 4.68 Å². The van der Waals surface area contributed by atoms with Crippen molar-refractivity contribution in [1.82, 2.24) is 19.7 Å². The van der Waals surface area contributed by atoms with E-state index in [2.05, 4.69) is 15.1 Å². The average molecular weight is 354 g/mol. The number of nitrogens with one attached hydrogen (secondary N) is 1. The Balaban J connectivity index is 1.77. The number of benzene rings is 2. The molecule has 0 spiro atoms. The van der Waals surface area contributed by atoms with Crippen LogP contribution in [0.2, 0.25) is 5.02 Å². The van der Waals surface area contributed by atoms with E-state index in [0.29, 0.717) is 23.1 Å². The van der Waals surface area contributed by atoms with Crippen molar-refractivity contribution in [2.24, 2.45) is 0 Å². The van der Waals surface area contributed by atoms with Gasteiger partial charge in [0.2, 0.25) is 0 Å². The first-order valence-corrected chi connectivity index (χ1v) is 8.13. The number of aromatic amines is 1. The lowest BCUT2D eigenvalue weighted by atomic mass is 10.2. The molecule has 0 atom stereocenters. The number of anilines is 1. The van der Waals surface area contributed by atoms with Crippen LogP contribution in [0.15, 0.2) is 48.5 Å². The molecule has 6 nitrogen and oxygen atoms in total. The third-order valence-electron chi connectivity index (χ3n) is 4.02. The van der Waals surface area contributed by atoms with Gasteiger partial charge in [-0.25, -0.2) is 4.98 Å². The quantitative estimate of drug-likeness (QED) is 0.586. The van der Waals surface area contributed by atoms with Crippen molar-refractivity contribution in [2.45, 2.75) is 6.54 Å². The summed E-state index contributed by atoms with van der Waals surface area (Å²) in [7, 11) is 1.64. The second kappa shape index (κ2) is 6.14. The minimum absolute atomic E-state index is 0.283. The van der Waals surface area contributed by atoms with Crippen LogP contribution in [0, 0.1) is 0 Å². The number of para-hydroxylation sites is 2. The SMILES string of the molecule is COc1ccc(Cn2nc(N)c(Cl)c2-c2nc3ccccc3[nH]2)cc1. The molecular formula is C18H16ClN5O. The molecule has 2 aromatic carbocycles. The van der Waals surface area contributed by atoms with Gasteiger partial charge in [0.15, 0.2) is 11.6 Å². The lowest BCUT2D eigenvalue weighted by molar-refractivity contribution is 0.414. The summed E-state index contributed by atoms with van der Waals surface area (Å²) in [6, 6.07) is 15.6. The first-order valence-electron chi connectivity index (χ1n) is 7.75. The summed E-state index contributed by atoms with van der Waals surface area (Å²) >= 11 is 6.40. The third-order valence-corrected chi connectivity index (χ3v) is 4.40. The van der Waals surface area contributed by atoms with E-state index in [1.807, 2.05) is 48.5 Å². The van der Waals surface area contributed by atoms with Gasteiger partial charge in [0, 0.05) is 0 Å². The number of H-pyrrole nitrogens is 1. The van der Waals surface area contributed by atoms with Crippen molar-refractivity contribution in [3.63, 3.8) is 0 Å². The maximum Gasteiger partial charge on any atom is 0.165 e. The minimum atomic E-state index is 0.283. The van der Waals surface area contributed by atoms with E-state index in [4.69, 9.17) is 22.1 Å². The first-order chi connectivity index (χ1) is 12.2. The molecule has 0 fully saturated rings. The summed E-state index contributed by atoms with van der Waals surface area (Å²) in [6.45, 7) is 0.521. The normalized spacial score (nSPS) is 11.1. The number of aromatic nitrogens is 4. The van der Waals surface area contributed by atoms with E-state index in [9.17, 15) is 0 Å². The Morgan fingerprint density at radius 2 is 1.92 bits per heavy atom. The van der Waals surface area contributed by atoms with Gasteiger partial charge in [-0.2, -0.15) is 5.10 Å². The van der Waals surface area contributed by atoms with Crippen LogP contribution in [0.1, 0.15) is 5.56 Å². The molecule has 0 saturated heterocycles. The summed E-state index contributed by atoms with van der Waals surface area (Å²) in [4.78, 5) is 7.89. The molecule has 2 heterocycles. The highest BCUT2D eigenvalue weighted by Gasteiger charge is 2.19. The highest BCUT2D eigenvalue weighted by atomic mass is 35.5. The van der Waals surface area contributed by atoms with Gasteiger partial charge in [-0.05, 0) is 29.8 Å². The van der Waals surface area contributed by atoms with Crippen molar-refractivity contribution in [3.8, 4) is 17.3 Å². The zero-order valence-electron chi connectivity index (χ0n) is 13.5. The summed E-state index contributed by atoms with van der Waals surface area (Å²) in [5.74, 6) is 1.73. The van der Waals surface area contributed by atoms with E-state index in [-0.39, 0.29) is 5.82 Å². The molecule has 4 aromatic rings. The van der Waals surface area contributed by atoms with Gasteiger partial charge in [0.25, 0.3) is 0 Å². The first kappa shape index (κ1) is 15.5. The number of hydrogen-bond donors (Lipinski definition) is 2. The molecule has 3 N–H and O–H groups in total. The van der Waals surface area contributed by atoms with Gasteiger partial charge >= 0.3 is 0 Å². The topological polar surface area (TPSA) is 81.8 Å². The number of imidazole rings is 1. The fraction of sp³-hybridized carbons (Fsp3) is 0.111. The number of halogens is 1. The second-order valence-electron chi connectivity index (χ2n) is 5.66. The van der Waals surface area contributed by atoms with Gasteiger partial charge in [-0.15, -0.1) is 0 Å². The predicted molar refractivity (Wildman–Crippen MR) is 98.8 cm³/mol. The second-order valence-corrected chi connectivity index (χ2v) is 6.03. The van der Waals surface area contributed by atoms with Crippen LogP contribution in [0.25, 0.3) is 22.6 Å². The van der Waals surface area contributed by atoms with Crippen molar-refractivity contribution in [3.05, 3.63) is 59.1 Å². The largest absolute Gasteiger partial charge is 0.497 e.